The molecule has 0 spiro atoms. The summed E-state index contributed by atoms with van der Waals surface area (Å²) in [7, 11) is -3.50. The van der Waals surface area contributed by atoms with E-state index in [2.05, 4.69) is 22.4 Å². The molecule has 0 radical (unpaired) electrons. The highest BCUT2D eigenvalue weighted by molar-refractivity contribution is 7.91. The minimum absolute atomic E-state index is 0.0515. The molecule has 1 aliphatic rings. The van der Waals surface area contributed by atoms with Crippen LogP contribution in [0.4, 0.5) is 0 Å². The first kappa shape index (κ1) is 17.1. The van der Waals surface area contributed by atoms with Crippen LogP contribution in [-0.2, 0) is 9.84 Å². The van der Waals surface area contributed by atoms with Crippen molar-refractivity contribution in [1.82, 2.24) is 20.2 Å². The summed E-state index contributed by atoms with van der Waals surface area (Å²) in [4.78, 5) is 0. The summed E-state index contributed by atoms with van der Waals surface area (Å²) in [6, 6.07) is 9.14. The Labute approximate surface area is 143 Å². The van der Waals surface area contributed by atoms with E-state index in [1.54, 1.807) is 12.1 Å². The zero-order chi connectivity index (χ0) is 17.0. The molecule has 2 aromatic rings. The van der Waals surface area contributed by atoms with Crippen molar-refractivity contribution in [3.05, 3.63) is 30.3 Å². The van der Waals surface area contributed by atoms with Gasteiger partial charge in [-0.05, 0) is 47.2 Å². The number of rotatable bonds is 6. The zero-order valence-electron chi connectivity index (χ0n) is 14.0. The molecule has 6 nitrogen and oxygen atoms in total. The van der Waals surface area contributed by atoms with Gasteiger partial charge in [0.05, 0.1) is 11.4 Å². The van der Waals surface area contributed by atoms with E-state index in [1.165, 1.54) is 17.5 Å². The van der Waals surface area contributed by atoms with Crippen LogP contribution in [0.5, 0.6) is 0 Å². The first-order chi connectivity index (χ1) is 11.6. The average molecular weight is 348 g/mol. The largest absolute Gasteiger partial charge is 0.272 e. The molecule has 1 saturated carbocycles. The normalized spacial score (nSPS) is 21.7. The summed E-state index contributed by atoms with van der Waals surface area (Å²) in [5.41, 5.74) is 0.660. The fraction of sp³-hybridized carbons (Fsp3) is 0.588. The molecule has 0 amide bonds. The van der Waals surface area contributed by atoms with Gasteiger partial charge in [-0.3, -0.25) is 0 Å². The summed E-state index contributed by atoms with van der Waals surface area (Å²) >= 11 is 0. The lowest BCUT2D eigenvalue weighted by Gasteiger charge is -2.27. The third-order valence-corrected chi connectivity index (χ3v) is 6.56. The monoisotopic (exact) mass is 348 g/mol. The Morgan fingerprint density at radius 1 is 1.08 bits per heavy atom. The maximum atomic E-state index is 12.8. The van der Waals surface area contributed by atoms with Crippen LogP contribution in [0.2, 0.25) is 0 Å². The molecule has 1 fully saturated rings. The van der Waals surface area contributed by atoms with Crippen molar-refractivity contribution in [3.8, 4) is 5.69 Å². The van der Waals surface area contributed by atoms with Gasteiger partial charge in [-0.1, -0.05) is 55.9 Å². The number of tetrazole rings is 1. The molecular weight excluding hydrogens is 324 g/mol. The predicted molar refractivity (Wildman–Crippen MR) is 91.6 cm³/mol. The Bertz CT molecular complexity index is 750. The molecule has 0 bridgehead atoms. The molecule has 3 rings (SSSR count). The minimum atomic E-state index is -3.50. The van der Waals surface area contributed by atoms with Crippen LogP contribution in [0.1, 0.15) is 45.4 Å². The molecular formula is C17H24N4O2S. The molecule has 1 aliphatic carbocycles. The lowest BCUT2D eigenvalue weighted by Crippen LogP contribution is -2.24. The van der Waals surface area contributed by atoms with Crippen LogP contribution in [0.25, 0.3) is 5.69 Å². The van der Waals surface area contributed by atoms with E-state index in [1.807, 2.05) is 18.2 Å². The standard InChI is InChI=1S/C17H24N4O2S/c1-2-6-14-9-11-15(12-10-14)13-24(22,23)17-18-19-20-21(17)16-7-4-3-5-8-16/h3-5,7-8,14-15H,2,6,9-13H2,1H3/t14-,15-. The summed E-state index contributed by atoms with van der Waals surface area (Å²) in [5, 5.41) is 11.2. The van der Waals surface area contributed by atoms with Gasteiger partial charge >= 0.3 is 0 Å². The second-order valence-corrected chi connectivity index (χ2v) is 8.59. The fourth-order valence-corrected chi connectivity index (χ4v) is 5.25. The molecule has 0 unspecified atom stereocenters. The van der Waals surface area contributed by atoms with Gasteiger partial charge in [-0.15, -0.1) is 0 Å². The Kier molecular flexibility index (Phi) is 5.28. The minimum Gasteiger partial charge on any atom is -0.220 e. The number of aromatic nitrogens is 4. The smallest absolute Gasteiger partial charge is 0.220 e. The molecule has 7 heteroatoms. The third kappa shape index (κ3) is 3.83. The number of hydrogen-bond donors (Lipinski definition) is 0. The van der Waals surface area contributed by atoms with Crippen LogP contribution in [-0.4, -0.2) is 34.4 Å². The molecule has 0 saturated heterocycles. The Morgan fingerprint density at radius 3 is 2.42 bits per heavy atom. The number of nitrogens with zero attached hydrogens (tertiary/aromatic N) is 4. The second-order valence-electron chi connectivity index (χ2n) is 6.67. The highest BCUT2D eigenvalue weighted by Gasteiger charge is 2.30. The van der Waals surface area contributed by atoms with Gasteiger partial charge in [-0.2, -0.15) is 4.68 Å². The maximum Gasteiger partial charge on any atom is 0.272 e. The van der Waals surface area contributed by atoms with E-state index in [9.17, 15) is 8.42 Å². The maximum absolute atomic E-state index is 12.8. The third-order valence-electron chi connectivity index (χ3n) is 4.84. The molecule has 0 N–H and O–H groups in total. The predicted octanol–water partition coefficient (Wildman–Crippen LogP) is 3.04. The topological polar surface area (TPSA) is 77.7 Å². The molecule has 130 valence electrons. The van der Waals surface area contributed by atoms with Crippen LogP contribution in [0, 0.1) is 11.8 Å². The summed E-state index contributed by atoms with van der Waals surface area (Å²) in [6.07, 6.45) is 6.70. The van der Waals surface area contributed by atoms with E-state index in [0.717, 1.165) is 31.6 Å². The molecule has 0 aliphatic heterocycles. The first-order valence-corrected chi connectivity index (χ1v) is 10.3. The van der Waals surface area contributed by atoms with Gasteiger partial charge in [0.1, 0.15) is 0 Å². The molecule has 24 heavy (non-hydrogen) atoms. The van der Waals surface area contributed by atoms with E-state index >= 15 is 0 Å². The number of para-hydroxylation sites is 1. The van der Waals surface area contributed by atoms with Gasteiger partial charge in [0.15, 0.2) is 0 Å². The van der Waals surface area contributed by atoms with Gasteiger partial charge in [-0.25, -0.2) is 8.42 Å². The number of sulfone groups is 1. The molecule has 1 heterocycles. The SMILES string of the molecule is CCC[C@H]1CC[C@H](CS(=O)(=O)c2nnnn2-c2ccccc2)CC1. The average Bonchev–Trinajstić information content (AvgIpc) is 3.08. The van der Waals surface area contributed by atoms with Crippen LogP contribution >= 0.6 is 0 Å². The Balaban J connectivity index is 1.72. The van der Waals surface area contributed by atoms with Crippen molar-refractivity contribution in [2.75, 3.05) is 5.75 Å². The van der Waals surface area contributed by atoms with Gasteiger partial charge in [0.25, 0.3) is 5.16 Å². The lowest BCUT2D eigenvalue weighted by molar-refractivity contribution is 0.277. The summed E-state index contributed by atoms with van der Waals surface area (Å²) in [6.45, 7) is 2.21. The quantitative estimate of drug-likeness (QED) is 0.802. The van der Waals surface area contributed by atoms with Crippen molar-refractivity contribution in [2.24, 2.45) is 11.8 Å². The lowest BCUT2D eigenvalue weighted by atomic mass is 9.81. The molecule has 1 aromatic carbocycles. The Hall–Kier alpha value is -1.76. The van der Waals surface area contributed by atoms with Gasteiger partial charge < -0.3 is 0 Å². The number of hydrogen-bond acceptors (Lipinski definition) is 5. The van der Waals surface area contributed by atoms with Gasteiger partial charge in [0, 0.05) is 0 Å². The molecule has 0 atom stereocenters. The molecule has 1 aromatic heterocycles. The second kappa shape index (κ2) is 7.42. The van der Waals surface area contributed by atoms with Crippen molar-refractivity contribution >= 4 is 9.84 Å². The van der Waals surface area contributed by atoms with E-state index < -0.39 is 9.84 Å². The van der Waals surface area contributed by atoms with Crippen molar-refractivity contribution in [1.29, 1.82) is 0 Å². The van der Waals surface area contributed by atoms with Crippen LogP contribution in [0.3, 0.4) is 0 Å². The summed E-state index contributed by atoms with van der Waals surface area (Å²) in [5.74, 6) is 1.12. The summed E-state index contributed by atoms with van der Waals surface area (Å²) < 4.78 is 26.9. The van der Waals surface area contributed by atoms with Crippen molar-refractivity contribution < 1.29 is 8.42 Å². The highest BCUT2D eigenvalue weighted by Crippen LogP contribution is 2.33. The zero-order valence-corrected chi connectivity index (χ0v) is 14.8. The van der Waals surface area contributed by atoms with Crippen LogP contribution in [0.15, 0.2) is 35.5 Å². The fourth-order valence-electron chi connectivity index (χ4n) is 3.58. The van der Waals surface area contributed by atoms with E-state index in [0.29, 0.717) is 5.69 Å². The number of benzene rings is 1. The van der Waals surface area contributed by atoms with Gasteiger partial charge in [0.2, 0.25) is 9.84 Å². The van der Waals surface area contributed by atoms with Crippen molar-refractivity contribution in [3.63, 3.8) is 0 Å². The van der Waals surface area contributed by atoms with Crippen LogP contribution < -0.4 is 0 Å². The Morgan fingerprint density at radius 2 is 1.75 bits per heavy atom. The van der Waals surface area contributed by atoms with E-state index in [4.69, 9.17) is 0 Å². The van der Waals surface area contributed by atoms with E-state index in [-0.39, 0.29) is 16.8 Å². The van der Waals surface area contributed by atoms with Crippen molar-refractivity contribution in [2.45, 2.75) is 50.6 Å². The first-order valence-electron chi connectivity index (χ1n) is 8.66. The highest BCUT2D eigenvalue weighted by atomic mass is 32.2.